The molecule has 26 heavy (non-hydrogen) atoms. The second-order valence-corrected chi connectivity index (χ2v) is 7.77. The monoisotopic (exact) mass is 377 g/mol. The second-order valence-electron chi connectivity index (χ2n) is 6.69. The minimum Gasteiger partial charge on any atom is -0.361 e. The number of carbonyl (C=O) groups excluding carboxylic acids is 2. The Morgan fingerprint density at radius 2 is 2.12 bits per heavy atom. The van der Waals surface area contributed by atoms with Crippen molar-refractivity contribution in [3.05, 3.63) is 27.6 Å². The Morgan fingerprint density at radius 3 is 2.77 bits per heavy atom. The van der Waals surface area contributed by atoms with E-state index in [1.807, 2.05) is 32.6 Å². The first-order valence-electron chi connectivity index (χ1n) is 8.59. The third-order valence-corrected chi connectivity index (χ3v) is 5.23. The fourth-order valence-electron chi connectivity index (χ4n) is 2.87. The van der Waals surface area contributed by atoms with Crippen LogP contribution in [-0.2, 0) is 24.2 Å². The lowest BCUT2D eigenvalue weighted by Crippen LogP contribution is -2.36. The van der Waals surface area contributed by atoms with Crippen molar-refractivity contribution in [2.45, 2.75) is 53.1 Å². The van der Waals surface area contributed by atoms with Crippen LogP contribution in [0.2, 0.25) is 0 Å². The number of carbonyl (C=O) groups is 2. The summed E-state index contributed by atoms with van der Waals surface area (Å²) in [5, 5.41) is 10.00. The van der Waals surface area contributed by atoms with Gasteiger partial charge < -0.3 is 14.7 Å². The van der Waals surface area contributed by atoms with Crippen LogP contribution in [0.25, 0.3) is 0 Å². The number of nitrogens with zero attached hydrogens (tertiary/aromatic N) is 3. The Balaban J connectivity index is 1.64. The predicted molar refractivity (Wildman–Crippen MR) is 98.2 cm³/mol. The fraction of sp³-hybridized carbons (Fsp3) is 0.529. The summed E-state index contributed by atoms with van der Waals surface area (Å²) < 4.78 is 5.13. The number of aromatic nitrogens is 2. The highest BCUT2D eigenvalue weighted by atomic mass is 32.1. The summed E-state index contributed by atoms with van der Waals surface area (Å²) in [5.41, 5.74) is 2.57. The van der Waals surface area contributed by atoms with Gasteiger partial charge in [0, 0.05) is 29.4 Å². The Bertz CT molecular complexity index is 807. The molecule has 2 aromatic rings. The molecule has 9 heteroatoms. The van der Waals surface area contributed by atoms with E-state index in [9.17, 15) is 9.59 Å². The molecular weight excluding hydrogens is 354 g/mol. The SMILES string of the molecule is Cc1noc(C)c1CC(=O)N1CCc2nc(NC(=O)NC(C)C)sc2C1. The Hall–Kier alpha value is -2.42. The average Bonchev–Trinajstić information content (AvgIpc) is 3.10. The molecule has 3 amide bonds. The van der Waals surface area contributed by atoms with E-state index in [1.54, 1.807) is 0 Å². The standard InChI is InChI=1S/C17H23N5O3S/c1-9(2)18-16(24)20-17-19-13-5-6-22(8-14(13)26-17)15(23)7-12-10(3)21-25-11(12)4/h9H,5-8H2,1-4H3,(H2,18,19,20,24). The molecule has 3 rings (SSSR count). The van der Waals surface area contributed by atoms with Crippen molar-refractivity contribution >= 4 is 28.4 Å². The molecule has 0 saturated carbocycles. The number of rotatable bonds is 4. The molecule has 8 nitrogen and oxygen atoms in total. The van der Waals surface area contributed by atoms with Gasteiger partial charge in [0.15, 0.2) is 5.13 Å². The van der Waals surface area contributed by atoms with Gasteiger partial charge in [0.2, 0.25) is 5.91 Å². The highest BCUT2D eigenvalue weighted by molar-refractivity contribution is 7.15. The minimum absolute atomic E-state index is 0.0468. The van der Waals surface area contributed by atoms with E-state index in [0.29, 0.717) is 30.4 Å². The zero-order valence-corrected chi connectivity index (χ0v) is 16.2. The van der Waals surface area contributed by atoms with E-state index in [2.05, 4.69) is 20.8 Å². The molecule has 0 aromatic carbocycles. The summed E-state index contributed by atoms with van der Waals surface area (Å²) in [6, 6.07) is -0.209. The topological polar surface area (TPSA) is 100 Å². The molecule has 0 atom stereocenters. The zero-order valence-electron chi connectivity index (χ0n) is 15.4. The summed E-state index contributed by atoms with van der Waals surface area (Å²) in [6.45, 7) is 8.60. The van der Waals surface area contributed by atoms with Gasteiger partial charge in [0.25, 0.3) is 0 Å². The van der Waals surface area contributed by atoms with Crippen LogP contribution in [0.15, 0.2) is 4.52 Å². The Morgan fingerprint density at radius 1 is 1.35 bits per heavy atom. The molecule has 1 aliphatic rings. The van der Waals surface area contributed by atoms with Crippen molar-refractivity contribution in [3.8, 4) is 0 Å². The number of nitrogens with one attached hydrogen (secondary N) is 2. The number of thiazole rings is 1. The predicted octanol–water partition coefficient (Wildman–Crippen LogP) is 2.41. The van der Waals surface area contributed by atoms with Gasteiger partial charge in [-0.05, 0) is 27.7 Å². The van der Waals surface area contributed by atoms with Gasteiger partial charge in [-0.15, -0.1) is 0 Å². The van der Waals surface area contributed by atoms with Gasteiger partial charge in [-0.25, -0.2) is 9.78 Å². The van der Waals surface area contributed by atoms with E-state index in [1.165, 1.54) is 11.3 Å². The molecule has 2 N–H and O–H groups in total. The molecule has 3 heterocycles. The number of amides is 3. The molecule has 0 bridgehead atoms. The van der Waals surface area contributed by atoms with Crippen LogP contribution in [0.4, 0.5) is 9.93 Å². The van der Waals surface area contributed by atoms with Crippen LogP contribution in [0.5, 0.6) is 0 Å². The third-order valence-electron chi connectivity index (χ3n) is 4.23. The van der Waals surface area contributed by atoms with Gasteiger partial charge in [0.1, 0.15) is 5.76 Å². The average molecular weight is 377 g/mol. The van der Waals surface area contributed by atoms with Crippen LogP contribution in [0.3, 0.4) is 0 Å². The van der Waals surface area contributed by atoms with E-state index in [-0.39, 0.29) is 24.4 Å². The minimum atomic E-state index is -0.266. The molecule has 0 radical (unpaired) electrons. The lowest BCUT2D eigenvalue weighted by molar-refractivity contribution is -0.131. The molecule has 2 aromatic heterocycles. The maximum Gasteiger partial charge on any atom is 0.321 e. The summed E-state index contributed by atoms with van der Waals surface area (Å²) in [5.74, 6) is 0.736. The van der Waals surface area contributed by atoms with Crippen molar-refractivity contribution < 1.29 is 14.1 Å². The highest BCUT2D eigenvalue weighted by Crippen LogP contribution is 2.29. The van der Waals surface area contributed by atoms with Crippen molar-refractivity contribution in [2.75, 3.05) is 11.9 Å². The van der Waals surface area contributed by atoms with Gasteiger partial charge in [0.05, 0.1) is 24.4 Å². The van der Waals surface area contributed by atoms with Crippen molar-refractivity contribution in [3.63, 3.8) is 0 Å². The van der Waals surface area contributed by atoms with Gasteiger partial charge in [-0.1, -0.05) is 16.5 Å². The van der Waals surface area contributed by atoms with Crippen LogP contribution >= 0.6 is 11.3 Å². The first-order chi connectivity index (χ1) is 12.3. The van der Waals surface area contributed by atoms with Crippen LogP contribution in [0, 0.1) is 13.8 Å². The second kappa shape index (κ2) is 7.45. The normalized spacial score (nSPS) is 13.7. The third kappa shape index (κ3) is 4.04. The number of urea groups is 1. The van der Waals surface area contributed by atoms with Crippen molar-refractivity contribution in [1.82, 2.24) is 20.4 Å². The summed E-state index contributed by atoms with van der Waals surface area (Å²) in [7, 11) is 0. The molecule has 0 spiro atoms. The van der Waals surface area contributed by atoms with Crippen LogP contribution in [-0.4, -0.2) is 39.6 Å². The van der Waals surface area contributed by atoms with Crippen LogP contribution in [0.1, 0.15) is 41.4 Å². The highest BCUT2D eigenvalue weighted by Gasteiger charge is 2.26. The van der Waals surface area contributed by atoms with Crippen LogP contribution < -0.4 is 10.6 Å². The molecule has 0 fully saturated rings. The van der Waals surface area contributed by atoms with Crippen molar-refractivity contribution in [2.24, 2.45) is 0 Å². The quantitative estimate of drug-likeness (QED) is 0.852. The smallest absolute Gasteiger partial charge is 0.321 e. The lowest BCUT2D eigenvalue weighted by atomic mass is 10.1. The number of aryl methyl sites for hydroxylation is 2. The Kier molecular flexibility index (Phi) is 5.26. The lowest BCUT2D eigenvalue weighted by Gasteiger charge is -2.26. The maximum absolute atomic E-state index is 12.6. The molecule has 140 valence electrons. The van der Waals surface area contributed by atoms with E-state index < -0.39 is 0 Å². The Labute approximate surface area is 156 Å². The zero-order chi connectivity index (χ0) is 18.8. The van der Waals surface area contributed by atoms with Gasteiger partial charge >= 0.3 is 6.03 Å². The van der Waals surface area contributed by atoms with E-state index in [4.69, 9.17) is 4.52 Å². The number of fused-ring (bicyclic) bond motifs is 1. The summed E-state index contributed by atoms with van der Waals surface area (Å²) in [4.78, 5) is 31.8. The van der Waals surface area contributed by atoms with Crippen molar-refractivity contribution in [1.29, 1.82) is 0 Å². The summed E-state index contributed by atoms with van der Waals surface area (Å²) >= 11 is 1.42. The summed E-state index contributed by atoms with van der Waals surface area (Å²) in [6.07, 6.45) is 0.976. The number of hydrogen-bond donors (Lipinski definition) is 2. The molecule has 0 aliphatic carbocycles. The first-order valence-corrected chi connectivity index (χ1v) is 9.40. The molecule has 0 saturated heterocycles. The molecular formula is C17H23N5O3S. The molecule has 1 aliphatic heterocycles. The first kappa shape index (κ1) is 18.4. The van der Waals surface area contributed by atoms with E-state index in [0.717, 1.165) is 21.8 Å². The van der Waals surface area contributed by atoms with Gasteiger partial charge in [-0.2, -0.15) is 0 Å². The van der Waals surface area contributed by atoms with E-state index >= 15 is 0 Å². The fourth-order valence-corrected chi connectivity index (χ4v) is 3.89. The van der Waals surface area contributed by atoms with Gasteiger partial charge in [-0.3, -0.25) is 10.1 Å². The maximum atomic E-state index is 12.6. The molecule has 0 unspecified atom stereocenters. The largest absolute Gasteiger partial charge is 0.361 e. The number of anilines is 1. The number of hydrogen-bond acceptors (Lipinski definition) is 6.